The minimum Gasteiger partial charge on any atom is -0.478 e. The standard InChI is InChI=1S/C15H12O4/c16-14(11-4-2-1-3-5-11)10-13-7-6-12(19-13)8-9-15(17)18/h1-9H,10H2,(H,17,18)/b9-8+. The molecule has 0 spiro atoms. The van der Waals surface area contributed by atoms with Crippen molar-refractivity contribution in [3.63, 3.8) is 0 Å². The molecule has 19 heavy (non-hydrogen) atoms. The summed E-state index contributed by atoms with van der Waals surface area (Å²) in [4.78, 5) is 22.3. The number of carbonyl (C=O) groups excluding carboxylic acids is 1. The van der Waals surface area contributed by atoms with Crippen molar-refractivity contribution in [2.45, 2.75) is 6.42 Å². The van der Waals surface area contributed by atoms with E-state index in [1.54, 1.807) is 36.4 Å². The topological polar surface area (TPSA) is 67.5 Å². The molecule has 2 aromatic rings. The molecule has 1 N–H and O–H groups in total. The first-order chi connectivity index (χ1) is 9.15. The predicted molar refractivity (Wildman–Crippen MR) is 69.9 cm³/mol. The van der Waals surface area contributed by atoms with E-state index in [2.05, 4.69) is 0 Å². The van der Waals surface area contributed by atoms with Crippen LogP contribution in [0.3, 0.4) is 0 Å². The van der Waals surface area contributed by atoms with Crippen molar-refractivity contribution in [1.82, 2.24) is 0 Å². The second kappa shape index (κ2) is 5.82. The van der Waals surface area contributed by atoms with Crippen LogP contribution in [0.2, 0.25) is 0 Å². The first-order valence-corrected chi connectivity index (χ1v) is 5.73. The number of Topliss-reactive ketones (excluding diaryl/α,β-unsaturated/α-hetero) is 1. The molecule has 0 amide bonds. The minimum atomic E-state index is -1.04. The van der Waals surface area contributed by atoms with Crippen LogP contribution in [0, 0.1) is 0 Å². The fraction of sp³-hybridized carbons (Fsp3) is 0.0667. The highest BCUT2D eigenvalue weighted by Gasteiger charge is 2.09. The zero-order valence-electron chi connectivity index (χ0n) is 10.1. The van der Waals surface area contributed by atoms with Crippen molar-refractivity contribution in [2.75, 3.05) is 0 Å². The van der Waals surface area contributed by atoms with E-state index >= 15 is 0 Å². The lowest BCUT2D eigenvalue weighted by Gasteiger charge is -1.97. The summed E-state index contributed by atoms with van der Waals surface area (Å²) in [6.07, 6.45) is 2.49. The lowest BCUT2D eigenvalue weighted by molar-refractivity contribution is -0.131. The fourth-order valence-corrected chi connectivity index (χ4v) is 1.62. The Labute approximate surface area is 110 Å². The molecule has 1 aromatic carbocycles. The summed E-state index contributed by atoms with van der Waals surface area (Å²) in [7, 11) is 0. The molecule has 0 unspecified atom stereocenters. The Morgan fingerprint density at radius 3 is 2.53 bits per heavy atom. The summed E-state index contributed by atoms with van der Waals surface area (Å²) in [6.45, 7) is 0. The number of carbonyl (C=O) groups is 2. The SMILES string of the molecule is O=C(O)/C=C/c1ccc(CC(=O)c2ccccc2)o1. The molecule has 0 fully saturated rings. The van der Waals surface area contributed by atoms with Gasteiger partial charge < -0.3 is 9.52 Å². The molecular formula is C15H12O4. The maximum absolute atomic E-state index is 11.9. The molecule has 2 rings (SSSR count). The minimum absolute atomic E-state index is 0.0382. The van der Waals surface area contributed by atoms with E-state index < -0.39 is 5.97 Å². The van der Waals surface area contributed by atoms with Gasteiger partial charge in [0.05, 0.1) is 6.42 Å². The van der Waals surface area contributed by atoms with Crippen LogP contribution in [0.25, 0.3) is 6.08 Å². The second-order valence-electron chi connectivity index (χ2n) is 3.94. The van der Waals surface area contributed by atoms with Crippen LogP contribution in [0.4, 0.5) is 0 Å². The van der Waals surface area contributed by atoms with Crippen LogP contribution in [0.15, 0.2) is 53.0 Å². The van der Waals surface area contributed by atoms with Gasteiger partial charge in [0.1, 0.15) is 11.5 Å². The van der Waals surface area contributed by atoms with E-state index in [1.807, 2.05) is 6.07 Å². The second-order valence-corrected chi connectivity index (χ2v) is 3.94. The van der Waals surface area contributed by atoms with Crippen molar-refractivity contribution >= 4 is 17.8 Å². The quantitative estimate of drug-likeness (QED) is 0.659. The van der Waals surface area contributed by atoms with Gasteiger partial charge in [0.15, 0.2) is 5.78 Å². The van der Waals surface area contributed by atoms with Gasteiger partial charge in [-0.15, -0.1) is 0 Å². The Hall–Kier alpha value is -2.62. The highest BCUT2D eigenvalue weighted by atomic mass is 16.4. The van der Waals surface area contributed by atoms with Gasteiger partial charge in [0.25, 0.3) is 0 Å². The van der Waals surface area contributed by atoms with Crippen LogP contribution in [0.1, 0.15) is 21.9 Å². The number of benzene rings is 1. The first-order valence-electron chi connectivity index (χ1n) is 5.73. The zero-order valence-corrected chi connectivity index (χ0v) is 10.1. The van der Waals surface area contributed by atoms with Gasteiger partial charge in [-0.3, -0.25) is 4.79 Å². The van der Waals surface area contributed by atoms with Crippen molar-refractivity contribution < 1.29 is 19.1 Å². The van der Waals surface area contributed by atoms with Gasteiger partial charge in [-0.25, -0.2) is 4.79 Å². The van der Waals surface area contributed by atoms with Crippen molar-refractivity contribution in [1.29, 1.82) is 0 Å². The van der Waals surface area contributed by atoms with E-state index in [4.69, 9.17) is 9.52 Å². The molecule has 0 saturated carbocycles. The lowest BCUT2D eigenvalue weighted by atomic mass is 10.1. The van der Waals surface area contributed by atoms with Crippen molar-refractivity contribution in [2.24, 2.45) is 0 Å². The summed E-state index contributed by atoms with van der Waals surface area (Å²) < 4.78 is 5.36. The summed E-state index contributed by atoms with van der Waals surface area (Å²) in [6, 6.07) is 12.2. The maximum Gasteiger partial charge on any atom is 0.328 e. The molecule has 0 aliphatic rings. The molecule has 0 aliphatic carbocycles. The average Bonchev–Trinajstić information content (AvgIpc) is 2.85. The van der Waals surface area contributed by atoms with Gasteiger partial charge in [-0.1, -0.05) is 30.3 Å². The van der Waals surface area contributed by atoms with Crippen LogP contribution in [-0.2, 0) is 11.2 Å². The van der Waals surface area contributed by atoms with Gasteiger partial charge in [0.2, 0.25) is 0 Å². The number of rotatable bonds is 5. The molecule has 0 radical (unpaired) electrons. The van der Waals surface area contributed by atoms with E-state index in [1.165, 1.54) is 6.08 Å². The Morgan fingerprint density at radius 2 is 1.84 bits per heavy atom. The van der Waals surface area contributed by atoms with Gasteiger partial charge in [-0.2, -0.15) is 0 Å². The molecule has 4 nitrogen and oxygen atoms in total. The third-order valence-electron chi connectivity index (χ3n) is 2.50. The highest BCUT2D eigenvalue weighted by Crippen LogP contribution is 2.13. The number of aliphatic carboxylic acids is 1. The Morgan fingerprint density at radius 1 is 1.11 bits per heavy atom. The largest absolute Gasteiger partial charge is 0.478 e. The Bertz CT molecular complexity index is 608. The summed E-state index contributed by atoms with van der Waals surface area (Å²) >= 11 is 0. The number of carboxylic acid groups (broad SMARTS) is 1. The van der Waals surface area contributed by atoms with E-state index in [0.717, 1.165) is 6.08 Å². The molecule has 0 aliphatic heterocycles. The number of furan rings is 1. The van der Waals surface area contributed by atoms with Crippen LogP contribution in [0.5, 0.6) is 0 Å². The fourth-order valence-electron chi connectivity index (χ4n) is 1.62. The molecule has 96 valence electrons. The maximum atomic E-state index is 11.9. The Kier molecular flexibility index (Phi) is 3.93. The molecule has 0 atom stereocenters. The third kappa shape index (κ3) is 3.67. The van der Waals surface area contributed by atoms with Gasteiger partial charge in [0, 0.05) is 11.6 Å². The predicted octanol–water partition coefficient (Wildman–Crippen LogP) is 2.80. The van der Waals surface area contributed by atoms with Crippen molar-refractivity contribution in [3.8, 4) is 0 Å². The van der Waals surface area contributed by atoms with Gasteiger partial charge in [-0.05, 0) is 18.2 Å². The van der Waals surface area contributed by atoms with E-state index in [-0.39, 0.29) is 12.2 Å². The van der Waals surface area contributed by atoms with Crippen LogP contribution < -0.4 is 0 Å². The summed E-state index contributed by atoms with van der Waals surface area (Å²) in [5, 5.41) is 8.49. The van der Waals surface area contributed by atoms with Crippen molar-refractivity contribution in [3.05, 3.63) is 65.6 Å². The van der Waals surface area contributed by atoms with Crippen LogP contribution >= 0.6 is 0 Å². The average molecular weight is 256 g/mol. The molecular weight excluding hydrogens is 244 g/mol. The van der Waals surface area contributed by atoms with Crippen LogP contribution in [-0.4, -0.2) is 16.9 Å². The zero-order chi connectivity index (χ0) is 13.7. The molecule has 0 bridgehead atoms. The van der Waals surface area contributed by atoms with E-state index in [0.29, 0.717) is 17.1 Å². The lowest BCUT2D eigenvalue weighted by Crippen LogP contribution is -2.01. The summed E-state index contributed by atoms with van der Waals surface area (Å²) in [5.41, 5.74) is 0.626. The smallest absolute Gasteiger partial charge is 0.328 e. The first kappa shape index (κ1) is 12.8. The molecule has 0 saturated heterocycles. The number of hydrogen-bond acceptors (Lipinski definition) is 3. The highest BCUT2D eigenvalue weighted by molar-refractivity contribution is 5.97. The molecule has 4 heteroatoms. The number of carboxylic acids is 1. The van der Waals surface area contributed by atoms with E-state index in [9.17, 15) is 9.59 Å². The number of hydrogen-bond donors (Lipinski definition) is 1. The molecule has 1 heterocycles. The number of ketones is 1. The summed E-state index contributed by atoms with van der Waals surface area (Å²) in [5.74, 6) is -0.154. The Balaban J connectivity index is 2.04. The normalized spacial score (nSPS) is 10.7. The molecule has 1 aromatic heterocycles. The van der Waals surface area contributed by atoms with Gasteiger partial charge >= 0.3 is 5.97 Å². The monoisotopic (exact) mass is 256 g/mol. The third-order valence-corrected chi connectivity index (χ3v) is 2.50.